The molecule has 0 spiro atoms. The SMILES string of the molecule is CC1(C)[C@H](N[C@@H]2CCN(CCCc3ccccc3)C2=O)[C@H]2CCO[C@@H]21. The third-order valence-corrected chi connectivity index (χ3v) is 6.51. The lowest BCUT2D eigenvalue weighted by Gasteiger charge is -2.55. The molecule has 1 N–H and O–H groups in total. The Kier molecular flexibility index (Phi) is 4.59. The third-order valence-electron chi connectivity index (χ3n) is 6.51. The molecule has 4 rings (SSSR count). The van der Waals surface area contributed by atoms with Gasteiger partial charge in [0.2, 0.25) is 5.91 Å². The molecule has 2 heterocycles. The number of aryl methyl sites for hydroxylation is 1. The van der Waals surface area contributed by atoms with Gasteiger partial charge in [-0.05, 0) is 31.2 Å². The van der Waals surface area contributed by atoms with E-state index in [1.54, 1.807) is 0 Å². The lowest BCUT2D eigenvalue weighted by atomic mass is 9.57. The third kappa shape index (κ3) is 3.11. The number of amides is 1. The van der Waals surface area contributed by atoms with Crippen LogP contribution in [0.15, 0.2) is 30.3 Å². The Bertz CT molecular complexity index is 616. The second kappa shape index (κ2) is 6.73. The Balaban J connectivity index is 1.27. The molecule has 1 aromatic carbocycles. The van der Waals surface area contributed by atoms with Crippen molar-refractivity contribution < 1.29 is 9.53 Å². The van der Waals surface area contributed by atoms with E-state index < -0.39 is 0 Å². The van der Waals surface area contributed by atoms with Crippen LogP contribution in [0.5, 0.6) is 0 Å². The highest BCUT2D eigenvalue weighted by atomic mass is 16.5. The summed E-state index contributed by atoms with van der Waals surface area (Å²) < 4.78 is 5.87. The van der Waals surface area contributed by atoms with E-state index in [1.165, 1.54) is 5.56 Å². The van der Waals surface area contributed by atoms with Crippen molar-refractivity contribution in [2.75, 3.05) is 19.7 Å². The number of benzene rings is 1. The summed E-state index contributed by atoms with van der Waals surface area (Å²) >= 11 is 0. The smallest absolute Gasteiger partial charge is 0.239 e. The Hall–Kier alpha value is -1.39. The molecule has 1 amide bonds. The van der Waals surface area contributed by atoms with Crippen LogP contribution in [0.2, 0.25) is 0 Å². The zero-order chi connectivity index (χ0) is 17.4. The van der Waals surface area contributed by atoms with Crippen molar-refractivity contribution in [3.05, 3.63) is 35.9 Å². The minimum atomic E-state index is 0.00236. The van der Waals surface area contributed by atoms with Crippen molar-refractivity contribution >= 4 is 5.91 Å². The molecule has 4 nitrogen and oxygen atoms in total. The van der Waals surface area contributed by atoms with Gasteiger partial charge in [0.25, 0.3) is 0 Å². The van der Waals surface area contributed by atoms with Crippen LogP contribution in [0, 0.1) is 11.3 Å². The van der Waals surface area contributed by atoms with Crippen LogP contribution in [-0.2, 0) is 16.0 Å². The summed E-state index contributed by atoms with van der Waals surface area (Å²) in [4.78, 5) is 14.8. The predicted molar refractivity (Wildman–Crippen MR) is 98.3 cm³/mol. The average molecular weight is 342 g/mol. The first-order valence-corrected chi connectivity index (χ1v) is 9.78. The maximum atomic E-state index is 12.8. The highest BCUT2D eigenvalue weighted by molar-refractivity contribution is 5.84. The molecule has 1 aliphatic carbocycles. The fourth-order valence-corrected chi connectivity index (χ4v) is 5.11. The second-order valence-corrected chi connectivity index (χ2v) is 8.47. The fraction of sp³-hybridized carbons (Fsp3) is 0.667. The number of fused-ring (bicyclic) bond motifs is 1. The van der Waals surface area contributed by atoms with Gasteiger partial charge in [-0.3, -0.25) is 4.79 Å². The minimum Gasteiger partial charge on any atom is -0.377 e. The number of carbonyl (C=O) groups excluding carboxylic acids is 1. The summed E-state index contributed by atoms with van der Waals surface area (Å²) in [5.74, 6) is 0.890. The van der Waals surface area contributed by atoms with Crippen LogP contribution in [0.3, 0.4) is 0 Å². The van der Waals surface area contributed by atoms with Crippen molar-refractivity contribution in [3.8, 4) is 0 Å². The zero-order valence-electron chi connectivity index (χ0n) is 15.4. The van der Waals surface area contributed by atoms with Gasteiger partial charge in [0.1, 0.15) is 0 Å². The summed E-state index contributed by atoms with van der Waals surface area (Å²) in [7, 11) is 0. The monoisotopic (exact) mass is 342 g/mol. The van der Waals surface area contributed by atoms with Gasteiger partial charge in [-0.25, -0.2) is 0 Å². The lowest BCUT2D eigenvalue weighted by Crippen LogP contribution is -2.68. The highest BCUT2D eigenvalue weighted by Crippen LogP contribution is 2.52. The van der Waals surface area contributed by atoms with Crippen LogP contribution in [0.1, 0.15) is 38.7 Å². The van der Waals surface area contributed by atoms with Crippen molar-refractivity contribution in [3.63, 3.8) is 0 Å². The summed E-state index contributed by atoms with van der Waals surface area (Å²) in [5.41, 5.74) is 1.50. The minimum absolute atomic E-state index is 0.00236. The van der Waals surface area contributed by atoms with Crippen LogP contribution < -0.4 is 5.32 Å². The van der Waals surface area contributed by atoms with E-state index in [-0.39, 0.29) is 11.5 Å². The molecule has 1 saturated carbocycles. The number of likely N-dealkylation sites (tertiary alicyclic amines) is 1. The highest BCUT2D eigenvalue weighted by Gasteiger charge is 2.60. The Morgan fingerprint density at radius 1 is 1.24 bits per heavy atom. The number of ether oxygens (including phenoxy) is 1. The van der Waals surface area contributed by atoms with Gasteiger partial charge in [-0.15, -0.1) is 0 Å². The van der Waals surface area contributed by atoms with E-state index in [0.717, 1.165) is 45.4 Å². The van der Waals surface area contributed by atoms with E-state index in [0.29, 0.717) is 24.0 Å². The van der Waals surface area contributed by atoms with Crippen LogP contribution in [0.4, 0.5) is 0 Å². The molecule has 0 unspecified atom stereocenters. The summed E-state index contributed by atoms with van der Waals surface area (Å²) in [6, 6.07) is 10.9. The second-order valence-electron chi connectivity index (χ2n) is 8.47. The first-order chi connectivity index (χ1) is 12.1. The van der Waals surface area contributed by atoms with E-state index >= 15 is 0 Å². The molecule has 0 radical (unpaired) electrons. The van der Waals surface area contributed by atoms with Gasteiger partial charge >= 0.3 is 0 Å². The molecule has 3 aliphatic rings. The first kappa shape index (κ1) is 17.0. The normalized spacial score (nSPS) is 33.4. The first-order valence-electron chi connectivity index (χ1n) is 9.78. The van der Waals surface area contributed by atoms with Crippen molar-refractivity contribution in [2.45, 2.75) is 57.7 Å². The van der Waals surface area contributed by atoms with Crippen LogP contribution in [-0.4, -0.2) is 48.7 Å². The van der Waals surface area contributed by atoms with E-state index in [2.05, 4.69) is 48.3 Å². The molecule has 136 valence electrons. The molecule has 4 heteroatoms. The molecular weight excluding hydrogens is 312 g/mol. The Morgan fingerprint density at radius 2 is 2.04 bits per heavy atom. The lowest BCUT2D eigenvalue weighted by molar-refractivity contribution is -0.135. The average Bonchev–Trinajstić information content (AvgIpc) is 3.20. The molecule has 3 fully saturated rings. The van der Waals surface area contributed by atoms with Gasteiger partial charge in [0, 0.05) is 37.1 Å². The largest absolute Gasteiger partial charge is 0.377 e. The zero-order valence-corrected chi connectivity index (χ0v) is 15.4. The number of hydrogen-bond acceptors (Lipinski definition) is 3. The molecule has 0 bridgehead atoms. The number of hydrogen-bond donors (Lipinski definition) is 1. The standard InChI is InChI=1S/C21H30N2O2/c1-21(2)18(16-11-14-25-19(16)21)22-17-10-13-23(20(17)24)12-6-9-15-7-4-3-5-8-15/h3-5,7-8,16-19,22H,6,9-14H2,1-2H3/t16-,17-,18-,19+/m1/s1. The molecular formula is C21H30N2O2. The summed E-state index contributed by atoms with van der Waals surface area (Å²) in [6.07, 6.45) is 4.53. The quantitative estimate of drug-likeness (QED) is 0.864. The predicted octanol–water partition coefficient (Wildman–Crippen LogP) is 2.62. The number of rotatable bonds is 6. The number of nitrogens with one attached hydrogen (secondary N) is 1. The van der Waals surface area contributed by atoms with Gasteiger partial charge in [-0.2, -0.15) is 0 Å². The molecule has 2 saturated heterocycles. The van der Waals surface area contributed by atoms with Gasteiger partial charge in [0.05, 0.1) is 12.1 Å². The van der Waals surface area contributed by atoms with E-state index in [1.807, 2.05) is 6.07 Å². The summed E-state index contributed by atoms with van der Waals surface area (Å²) in [5, 5.41) is 3.69. The topological polar surface area (TPSA) is 41.6 Å². The van der Waals surface area contributed by atoms with Gasteiger partial charge < -0.3 is 15.0 Å². The maximum absolute atomic E-state index is 12.8. The Labute approximate surface area is 150 Å². The molecule has 2 aliphatic heterocycles. The Morgan fingerprint density at radius 3 is 2.84 bits per heavy atom. The molecule has 0 aromatic heterocycles. The number of carbonyl (C=O) groups is 1. The van der Waals surface area contributed by atoms with Gasteiger partial charge in [0.15, 0.2) is 0 Å². The summed E-state index contributed by atoms with van der Waals surface area (Å²) in [6.45, 7) is 7.18. The van der Waals surface area contributed by atoms with Crippen molar-refractivity contribution in [1.29, 1.82) is 0 Å². The number of nitrogens with zero attached hydrogens (tertiary/aromatic N) is 1. The van der Waals surface area contributed by atoms with Crippen LogP contribution in [0.25, 0.3) is 0 Å². The van der Waals surface area contributed by atoms with Crippen LogP contribution >= 0.6 is 0 Å². The molecule has 25 heavy (non-hydrogen) atoms. The van der Waals surface area contributed by atoms with Crippen molar-refractivity contribution in [2.24, 2.45) is 11.3 Å². The van der Waals surface area contributed by atoms with Gasteiger partial charge in [-0.1, -0.05) is 44.2 Å². The maximum Gasteiger partial charge on any atom is 0.239 e. The van der Waals surface area contributed by atoms with Crippen molar-refractivity contribution in [1.82, 2.24) is 10.2 Å². The fourth-order valence-electron chi connectivity index (χ4n) is 5.11. The molecule has 4 atom stereocenters. The molecule has 1 aromatic rings. The van der Waals surface area contributed by atoms with E-state index in [4.69, 9.17) is 4.74 Å². The van der Waals surface area contributed by atoms with E-state index in [9.17, 15) is 4.79 Å².